The monoisotopic (exact) mass is 279 g/mol. The Morgan fingerprint density at radius 1 is 1.47 bits per heavy atom. The number of hydrogen-bond acceptors (Lipinski definition) is 4. The van der Waals surface area contributed by atoms with Gasteiger partial charge in [-0.25, -0.2) is 9.97 Å². The minimum Gasteiger partial charge on any atom is -0.370 e. The zero-order valence-corrected chi connectivity index (χ0v) is 11.2. The predicted octanol–water partition coefficient (Wildman–Crippen LogP) is 1.82. The summed E-state index contributed by atoms with van der Waals surface area (Å²) in [4.78, 5) is 22.9. The molecule has 0 aliphatic rings. The highest BCUT2D eigenvalue weighted by molar-refractivity contribution is 6.33. The van der Waals surface area contributed by atoms with Gasteiger partial charge >= 0.3 is 0 Å². The van der Waals surface area contributed by atoms with Gasteiger partial charge in [0.2, 0.25) is 0 Å². The van der Waals surface area contributed by atoms with E-state index in [-0.39, 0.29) is 5.91 Å². The first-order chi connectivity index (χ1) is 9.20. The third kappa shape index (κ3) is 3.45. The van der Waals surface area contributed by atoms with Crippen LogP contribution in [-0.2, 0) is 6.54 Å². The van der Waals surface area contributed by atoms with E-state index in [4.69, 9.17) is 11.6 Å². The Bertz CT molecular complexity index is 555. The van der Waals surface area contributed by atoms with Gasteiger partial charge in [-0.3, -0.25) is 4.79 Å². The highest BCUT2D eigenvalue weighted by atomic mass is 35.5. The van der Waals surface area contributed by atoms with Crippen molar-refractivity contribution < 1.29 is 4.79 Å². The van der Waals surface area contributed by atoms with Gasteiger partial charge in [0.05, 0.1) is 29.2 Å². The first-order valence-electron chi connectivity index (χ1n) is 5.85. The van der Waals surface area contributed by atoms with Gasteiger partial charge in [-0.05, 0) is 13.0 Å². The summed E-state index contributed by atoms with van der Waals surface area (Å²) in [6.45, 7) is 3.05. The van der Waals surface area contributed by atoms with Crippen LogP contribution in [0.2, 0.25) is 5.02 Å². The Labute approximate surface area is 115 Å². The second-order valence-electron chi connectivity index (χ2n) is 3.84. The van der Waals surface area contributed by atoms with Gasteiger partial charge in [0.25, 0.3) is 5.91 Å². The maximum absolute atomic E-state index is 12.0. The number of carbonyl (C=O) groups is 1. The fraction of sp³-hybridized carbons (Fsp3) is 0.250. The van der Waals surface area contributed by atoms with Crippen LogP contribution < -0.4 is 10.6 Å². The Balaban J connectivity index is 2.07. The van der Waals surface area contributed by atoms with Crippen LogP contribution in [0.25, 0.3) is 0 Å². The highest BCUT2D eigenvalue weighted by Gasteiger charge is 2.12. The van der Waals surface area contributed by atoms with Gasteiger partial charge in [-0.2, -0.15) is 0 Å². The molecule has 1 amide bonds. The number of amides is 1. The molecule has 0 saturated heterocycles. The van der Waals surface area contributed by atoms with Gasteiger partial charge in [0, 0.05) is 18.9 Å². The Morgan fingerprint density at radius 2 is 2.32 bits per heavy atom. The Kier molecular flexibility index (Phi) is 4.35. The van der Waals surface area contributed by atoms with Crippen LogP contribution in [0.3, 0.4) is 0 Å². The number of carbonyl (C=O) groups excluding carboxylic acids is 1. The first-order valence-corrected chi connectivity index (χ1v) is 6.23. The average molecular weight is 280 g/mol. The van der Waals surface area contributed by atoms with E-state index in [0.29, 0.717) is 22.9 Å². The van der Waals surface area contributed by atoms with E-state index in [9.17, 15) is 4.79 Å². The van der Waals surface area contributed by atoms with E-state index >= 15 is 0 Å². The molecule has 2 heterocycles. The molecular formula is C12H14ClN5O. The number of pyridine rings is 1. The molecule has 0 unspecified atom stereocenters. The van der Waals surface area contributed by atoms with Gasteiger partial charge in [-0.1, -0.05) is 11.6 Å². The van der Waals surface area contributed by atoms with Crippen molar-refractivity contribution in [1.29, 1.82) is 0 Å². The van der Waals surface area contributed by atoms with Crippen LogP contribution in [0.15, 0.2) is 24.8 Å². The van der Waals surface area contributed by atoms with E-state index < -0.39 is 0 Å². The normalized spacial score (nSPS) is 10.2. The zero-order valence-electron chi connectivity index (χ0n) is 10.4. The minimum atomic E-state index is -0.249. The molecule has 0 spiro atoms. The van der Waals surface area contributed by atoms with E-state index in [1.807, 2.05) is 6.92 Å². The molecule has 2 aromatic rings. The smallest absolute Gasteiger partial charge is 0.253 e. The van der Waals surface area contributed by atoms with Gasteiger partial charge in [0.1, 0.15) is 5.82 Å². The number of nitrogens with zero attached hydrogens (tertiary/aromatic N) is 2. The lowest BCUT2D eigenvalue weighted by Crippen LogP contribution is -2.23. The lowest BCUT2D eigenvalue weighted by atomic mass is 10.2. The summed E-state index contributed by atoms with van der Waals surface area (Å²) in [5.41, 5.74) is 1.22. The van der Waals surface area contributed by atoms with Crippen molar-refractivity contribution in [2.45, 2.75) is 13.5 Å². The summed E-state index contributed by atoms with van der Waals surface area (Å²) in [6.07, 6.45) is 4.67. The van der Waals surface area contributed by atoms with Crippen molar-refractivity contribution in [3.63, 3.8) is 0 Å². The van der Waals surface area contributed by atoms with E-state index in [1.54, 1.807) is 18.6 Å². The van der Waals surface area contributed by atoms with E-state index in [2.05, 4.69) is 25.6 Å². The van der Waals surface area contributed by atoms with Gasteiger partial charge in [-0.15, -0.1) is 0 Å². The number of anilines is 1. The molecule has 0 atom stereocenters. The third-order valence-electron chi connectivity index (χ3n) is 2.45. The molecule has 7 heteroatoms. The van der Waals surface area contributed by atoms with Crippen LogP contribution in [0, 0.1) is 0 Å². The number of H-pyrrole nitrogens is 1. The predicted molar refractivity (Wildman–Crippen MR) is 73.2 cm³/mol. The number of rotatable bonds is 5. The van der Waals surface area contributed by atoms with Crippen molar-refractivity contribution in [2.24, 2.45) is 0 Å². The van der Waals surface area contributed by atoms with Crippen LogP contribution in [-0.4, -0.2) is 27.4 Å². The van der Waals surface area contributed by atoms with Crippen molar-refractivity contribution in [1.82, 2.24) is 20.3 Å². The Morgan fingerprint density at radius 3 is 3.00 bits per heavy atom. The summed E-state index contributed by atoms with van der Waals surface area (Å²) in [7, 11) is 0. The number of aromatic amines is 1. The molecule has 0 aliphatic carbocycles. The first kappa shape index (κ1) is 13.4. The van der Waals surface area contributed by atoms with Crippen LogP contribution in [0.5, 0.6) is 0 Å². The molecule has 0 fully saturated rings. The molecule has 0 aliphatic heterocycles. The lowest BCUT2D eigenvalue weighted by molar-refractivity contribution is 0.0950. The molecule has 100 valence electrons. The molecule has 0 bridgehead atoms. The quantitative estimate of drug-likeness (QED) is 0.780. The average Bonchev–Trinajstić information content (AvgIpc) is 2.92. The summed E-state index contributed by atoms with van der Waals surface area (Å²) in [5.74, 6) is 0.375. The molecule has 0 radical (unpaired) electrons. The Hall–Kier alpha value is -2.08. The standard InChI is InChI=1S/C12H14ClN5O/c1-2-15-11-3-9(10(13)6-16-11)12(19)17-5-8-4-14-7-18-8/h3-4,6-7H,2,5H2,1H3,(H,14,18)(H,15,16)(H,17,19). The molecule has 0 saturated carbocycles. The summed E-state index contributed by atoms with van der Waals surface area (Å²) in [6, 6.07) is 1.63. The fourth-order valence-corrected chi connectivity index (χ4v) is 1.73. The third-order valence-corrected chi connectivity index (χ3v) is 2.75. The van der Waals surface area contributed by atoms with Gasteiger partial charge in [0.15, 0.2) is 0 Å². The van der Waals surface area contributed by atoms with Crippen molar-refractivity contribution >= 4 is 23.3 Å². The second kappa shape index (κ2) is 6.19. The fourth-order valence-electron chi connectivity index (χ4n) is 1.54. The number of nitrogens with one attached hydrogen (secondary N) is 3. The number of halogens is 1. The molecule has 3 N–H and O–H groups in total. The molecule has 19 heavy (non-hydrogen) atoms. The maximum Gasteiger partial charge on any atom is 0.253 e. The van der Waals surface area contributed by atoms with Crippen molar-refractivity contribution in [3.05, 3.63) is 41.1 Å². The number of aromatic nitrogens is 3. The number of hydrogen-bond donors (Lipinski definition) is 3. The number of imidazole rings is 1. The van der Waals surface area contributed by atoms with E-state index in [0.717, 1.165) is 12.2 Å². The van der Waals surface area contributed by atoms with Crippen molar-refractivity contribution in [2.75, 3.05) is 11.9 Å². The minimum absolute atomic E-state index is 0.249. The van der Waals surface area contributed by atoms with Crippen LogP contribution >= 0.6 is 11.6 Å². The molecule has 2 aromatic heterocycles. The molecule has 2 rings (SSSR count). The topological polar surface area (TPSA) is 82.7 Å². The van der Waals surface area contributed by atoms with Crippen molar-refractivity contribution in [3.8, 4) is 0 Å². The molecule has 0 aromatic carbocycles. The van der Waals surface area contributed by atoms with Gasteiger partial charge < -0.3 is 15.6 Å². The molecule has 6 nitrogen and oxygen atoms in total. The SMILES string of the molecule is CCNc1cc(C(=O)NCc2cnc[nH]2)c(Cl)cn1. The summed E-state index contributed by atoms with van der Waals surface area (Å²) >= 11 is 5.98. The summed E-state index contributed by atoms with van der Waals surface area (Å²) < 4.78 is 0. The van der Waals surface area contributed by atoms with E-state index in [1.165, 1.54) is 6.20 Å². The summed E-state index contributed by atoms with van der Waals surface area (Å²) in [5, 5.41) is 6.12. The highest BCUT2D eigenvalue weighted by Crippen LogP contribution is 2.17. The van der Waals surface area contributed by atoms with Crippen LogP contribution in [0.4, 0.5) is 5.82 Å². The van der Waals surface area contributed by atoms with Crippen LogP contribution in [0.1, 0.15) is 23.0 Å². The largest absolute Gasteiger partial charge is 0.370 e. The lowest BCUT2D eigenvalue weighted by Gasteiger charge is -2.08. The zero-order chi connectivity index (χ0) is 13.7. The second-order valence-corrected chi connectivity index (χ2v) is 4.25. The molecular weight excluding hydrogens is 266 g/mol. The maximum atomic E-state index is 12.0.